The van der Waals surface area contributed by atoms with Crippen LogP contribution >= 0.6 is 0 Å². The van der Waals surface area contributed by atoms with Crippen LogP contribution in [0.4, 0.5) is 0 Å². The van der Waals surface area contributed by atoms with Crippen LogP contribution in [0.25, 0.3) is 0 Å². The maximum Gasteiger partial charge on any atom is 0.193 e. The Balaban J connectivity index is 2.32. The van der Waals surface area contributed by atoms with Gasteiger partial charge in [-0.15, -0.1) is 0 Å². The summed E-state index contributed by atoms with van der Waals surface area (Å²) in [6.07, 6.45) is 13.9. The monoisotopic (exact) mass is 338 g/mol. The van der Waals surface area contributed by atoms with Crippen molar-refractivity contribution < 1.29 is 9.22 Å². The number of hydrogen-bond donors (Lipinski definition) is 0. The van der Waals surface area contributed by atoms with Crippen molar-refractivity contribution in [2.24, 2.45) is 11.8 Å². The SMILES string of the molecule is CC[Si](CC)(CC)OC(C=O)(C1CCCCC1)C1CCCCC1. The first-order valence-electron chi connectivity index (χ1n) is 10.3. The second kappa shape index (κ2) is 8.80. The fraction of sp³-hybridized carbons (Fsp3) is 0.950. The van der Waals surface area contributed by atoms with Gasteiger partial charge in [-0.25, -0.2) is 0 Å². The predicted molar refractivity (Wildman–Crippen MR) is 100 cm³/mol. The molecule has 0 amide bonds. The van der Waals surface area contributed by atoms with Gasteiger partial charge in [-0.1, -0.05) is 59.3 Å². The maximum absolute atomic E-state index is 12.5. The number of carbonyl (C=O) groups excluding carboxylic acids is 1. The van der Waals surface area contributed by atoms with Crippen molar-refractivity contribution in [3.63, 3.8) is 0 Å². The minimum absolute atomic E-state index is 0.449. The molecule has 0 atom stereocenters. The van der Waals surface area contributed by atoms with Crippen molar-refractivity contribution in [3.8, 4) is 0 Å². The normalized spacial score (nSPS) is 22.2. The average molecular weight is 339 g/mol. The summed E-state index contributed by atoms with van der Waals surface area (Å²) in [5, 5.41) is 0. The fourth-order valence-electron chi connectivity index (χ4n) is 5.17. The summed E-state index contributed by atoms with van der Waals surface area (Å²) < 4.78 is 7.07. The van der Waals surface area contributed by atoms with Crippen LogP contribution in [0.1, 0.15) is 85.0 Å². The lowest BCUT2D eigenvalue weighted by Crippen LogP contribution is -2.57. The summed E-state index contributed by atoms with van der Waals surface area (Å²) in [6.45, 7) is 6.86. The molecule has 3 heteroatoms. The summed E-state index contributed by atoms with van der Waals surface area (Å²) >= 11 is 0. The summed E-state index contributed by atoms with van der Waals surface area (Å²) in [7, 11) is -1.77. The lowest BCUT2D eigenvalue weighted by atomic mass is 9.67. The van der Waals surface area contributed by atoms with Crippen LogP contribution in [-0.2, 0) is 9.22 Å². The van der Waals surface area contributed by atoms with E-state index < -0.39 is 13.9 Å². The number of rotatable bonds is 8. The molecule has 0 N–H and O–H groups in total. The third kappa shape index (κ3) is 4.09. The number of hydrogen-bond acceptors (Lipinski definition) is 2. The zero-order valence-corrected chi connectivity index (χ0v) is 16.7. The second-order valence-electron chi connectivity index (χ2n) is 7.99. The smallest absolute Gasteiger partial charge is 0.193 e. The van der Waals surface area contributed by atoms with Gasteiger partial charge in [0.2, 0.25) is 0 Å². The first kappa shape index (κ1) is 19.2. The van der Waals surface area contributed by atoms with Gasteiger partial charge in [0, 0.05) is 0 Å². The lowest BCUT2D eigenvalue weighted by Gasteiger charge is -2.50. The molecule has 2 rings (SSSR count). The van der Waals surface area contributed by atoms with Crippen LogP contribution in [0.15, 0.2) is 0 Å². The lowest BCUT2D eigenvalue weighted by molar-refractivity contribution is -0.139. The Bertz CT molecular complexity index is 326. The van der Waals surface area contributed by atoms with E-state index >= 15 is 0 Å². The molecule has 0 aliphatic heterocycles. The maximum atomic E-state index is 12.5. The molecule has 2 saturated carbocycles. The first-order valence-corrected chi connectivity index (χ1v) is 12.9. The van der Waals surface area contributed by atoms with E-state index in [1.165, 1.54) is 70.5 Å². The summed E-state index contributed by atoms with van der Waals surface area (Å²) in [6, 6.07) is 3.44. The van der Waals surface area contributed by atoms with E-state index in [4.69, 9.17) is 4.43 Å². The molecule has 23 heavy (non-hydrogen) atoms. The van der Waals surface area contributed by atoms with Crippen molar-refractivity contribution in [1.29, 1.82) is 0 Å². The highest BCUT2D eigenvalue weighted by molar-refractivity contribution is 6.73. The van der Waals surface area contributed by atoms with Gasteiger partial charge in [-0.05, 0) is 55.7 Å². The molecule has 0 radical (unpaired) electrons. The van der Waals surface area contributed by atoms with Crippen LogP contribution in [0.5, 0.6) is 0 Å². The molecule has 0 spiro atoms. The Morgan fingerprint density at radius 3 is 1.52 bits per heavy atom. The largest absolute Gasteiger partial charge is 0.404 e. The van der Waals surface area contributed by atoms with Crippen molar-refractivity contribution in [2.45, 2.75) is 109 Å². The van der Waals surface area contributed by atoms with Crippen molar-refractivity contribution >= 4 is 14.6 Å². The minimum Gasteiger partial charge on any atom is -0.404 e. The third-order valence-electron chi connectivity index (χ3n) is 7.00. The molecule has 0 saturated heterocycles. The Labute approximate surface area is 144 Å². The zero-order valence-electron chi connectivity index (χ0n) is 15.7. The van der Waals surface area contributed by atoms with Crippen LogP contribution < -0.4 is 0 Å². The van der Waals surface area contributed by atoms with E-state index in [0.29, 0.717) is 11.8 Å². The molecule has 0 heterocycles. The highest BCUT2D eigenvalue weighted by Gasteiger charge is 2.50. The zero-order chi connectivity index (χ0) is 16.8. The van der Waals surface area contributed by atoms with Gasteiger partial charge in [0.05, 0.1) is 0 Å². The standard InChI is InChI=1S/C20H38O2Si/c1-4-23(5-2,6-3)22-20(17-21,18-13-9-7-10-14-18)19-15-11-8-12-16-19/h17-19H,4-16H2,1-3H3. The van der Waals surface area contributed by atoms with Gasteiger partial charge in [0.25, 0.3) is 0 Å². The Kier molecular flexibility index (Phi) is 7.34. The Morgan fingerprint density at radius 1 is 0.826 bits per heavy atom. The van der Waals surface area contributed by atoms with E-state index in [1.54, 1.807) is 0 Å². The molecule has 2 aliphatic rings. The molecule has 134 valence electrons. The summed E-state index contributed by atoms with van der Waals surface area (Å²) in [5.74, 6) is 0.960. The van der Waals surface area contributed by atoms with Gasteiger partial charge in [0.15, 0.2) is 14.6 Å². The van der Waals surface area contributed by atoms with E-state index in [0.717, 1.165) is 18.1 Å². The van der Waals surface area contributed by atoms with Gasteiger partial charge >= 0.3 is 0 Å². The topological polar surface area (TPSA) is 26.3 Å². The van der Waals surface area contributed by atoms with Gasteiger partial charge in [0.1, 0.15) is 5.60 Å². The predicted octanol–water partition coefficient (Wildman–Crippen LogP) is 6.11. The molecular formula is C20H38O2Si. The number of aldehydes is 1. The van der Waals surface area contributed by atoms with Gasteiger partial charge in [-0.2, -0.15) is 0 Å². The second-order valence-corrected chi connectivity index (χ2v) is 12.7. The van der Waals surface area contributed by atoms with E-state index in [9.17, 15) is 4.79 Å². The van der Waals surface area contributed by atoms with Crippen molar-refractivity contribution in [2.75, 3.05) is 0 Å². The average Bonchev–Trinajstić information content (AvgIpc) is 2.65. The number of carbonyl (C=O) groups is 1. The quantitative estimate of drug-likeness (QED) is 0.394. The summed E-state index contributed by atoms with van der Waals surface area (Å²) in [5.41, 5.74) is -0.449. The molecule has 0 unspecified atom stereocenters. The van der Waals surface area contributed by atoms with Crippen LogP contribution in [-0.4, -0.2) is 20.2 Å². The molecule has 0 aromatic carbocycles. The molecule has 2 nitrogen and oxygen atoms in total. The Morgan fingerprint density at radius 2 is 1.22 bits per heavy atom. The van der Waals surface area contributed by atoms with Gasteiger partial charge < -0.3 is 9.22 Å². The van der Waals surface area contributed by atoms with Crippen LogP contribution in [0, 0.1) is 11.8 Å². The Hall–Kier alpha value is -0.153. The highest BCUT2D eigenvalue weighted by Crippen LogP contribution is 2.46. The highest BCUT2D eigenvalue weighted by atomic mass is 28.4. The first-order chi connectivity index (χ1) is 11.2. The summed E-state index contributed by atoms with van der Waals surface area (Å²) in [4.78, 5) is 12.5. The van der Waals surface area contributed by atoms with Gasteiger partial charge in [-0.3, -0.25) is 0 Å². The van der Waals surface area contributed by atoms with E-state index in [1.807, 2.05) is 0 Å². The fourth-order valence-corrected chi connectivity index (χ4v) is 8.23. The van der Waals surface area contributed by atoms with E-state index in [-0.39, 0.29) is 0 Å². The van der Waals surface area contributed by atoms with Crippen molar-refractivity contribution in [1.82, 2.24) is 0 Å². The van der Waals surface area contributed by atoms with Crippen LogP contribution in [0.3, 0.4) is 0 Å². The molecule has 2 aliphatic carbocycles. The van der Waals surface area contributed by atoms with E-state index in [2.05, 4.69) is 20.8 Å². The molecule has 2 fully saturated rings. The van der Waals surface area contributed by atoms with Crippen molar-refractivity contribution in [3.05, 3.63) is 0 Å². The molecule has 0 bridgehead atoms. The minimum atomic E-state index is -1.77. The molecular weight excluding hydrogens is 300 g/mol. The molecule has 0 aromatic heterocycles. The molecule has 0 aromatic rings. The third-order valence-corrected chi connectivity index (χ3v) is 11.6. The van der Waals surface area contributed by atoms with Crippen LogP contribution in [0.2, 0.25) is 18.1 Å².